The number of rotatable bonds is 4. The van der Waals surface area contributed by atoms with Gasteiger partial charge < -0.3 is 4.74 Å². The first-order valence-corrected chi connectivity index (χ1v) is 10.4. The molecule has 0 atom stereocenters. The number of nitrogens with zero attached hydrogens (tertiary/aromatic N) is 3. The highest BCUT2D eigenvalue weighted by atomic mass is 32.2. The number of hydrogen-bond donors (Lipinski definition) is 0. The molecule has 1 aliphatic rings. The Labute approximate surface area is 158 Å². The van der Waals surface area contributed by atoms with E-state index in [1.165, 1.54) is 4.31 Å². The molecule has 0 saturated carbocycles. The van der Waals surface area contributed by atoms with Crippen LogP contribution in [0.25, 0.3) is 10.9 Å². The lowest BCUT2D eigenvalue weighted by Crippen LogP contribution is -2.41. The third kappa shape index (κ3) is 3.65. The topological polar surface area (TPSA) is 72.4 Å². The number of benzene rings is 1. The summed E-state index contributed by atoms with van der Waals surface area (Å²) in [7, 11) is -3.59. The molecule has 0 aliphatic carbocycles. The molecule has 27 heavy (non-hydrogen) atoms. The maximum absolute atomic E-state index is 13.1. The highest BCUT2D eigenvalue weighted by molar-refractivity contribution is 7.89. The average Bonchev–Trinajstić information content (AvgIpc) is 2.70. The molecule has 0 bridgehead atoms. The van der Waals surface area contributed by atoms with E-state index in [9.17, 15) is 8.42 Å². The second-order valence-corrected chi connectivity index (χ2v) is 8.59. The molecule has 7 heteroatoms. The van der Waals surface area contributed by atoms with Crippen LogP contribution < -0.4 is 4.74 Å². The fourth-order valence-electron chi connectivity index (χ4n) is 3.33. The van der Waals surface area contributed by atoms with Crippen molar-refractivity contribution in [1.82, 2.24) is 14.3 Å². The van der Waals surface area contributed by atoms with Gasteiger partial charge >= 0.3 is 0 Å². The van der Waals surface area contributed by atoms with Crippen LogP contribution in [0.4, 0.5) is 0 Å². The van der Waals surface area contributed by atoms with E-state index in [0.717, 1.165) is 16.8 Å². The predicted octanol–water partition coefficient (Wildman–Crippen LogP) is 3.17. The largest absolute Gasteiger partial charge is 0.489 e. The summed E-state index contributed by atoms with van der Waals surface area (Å²) in [4.78, 5) is 8.78. The summed E-state index contributed by atoms with van der Waals surface area (Å²) in [6.45, 7) is 2.78. The van der Waals surface area contributed by atoms with Crippen LogP contribution in [0.1, 0.15) is 18.5 Å². The highest BCUT2D eigenvalue weighted by Crippen LogP contribution is 2.27. The Bertz CT molecular complexity index is 1040. The van der Waals surface area contributed by atoms with Gasteiger partial charge in [-0.15, -0.1) is 0 Å². The third-order valence-corrected chi connectivity index (χ3v) is 6.73. The van der Waals surface area contributed by atoms with Gasteiger partial charge in [0.15, 0.2) is 0 Å². The van der Waals surface area contributed by atoms with Crippen molar-refractivity contribution in [3.63, 3.8) is 0 Å². The molecule has 1 fully saturated rings. The monoisotopic (exact) mass is 383 g/mol. The zero-order valence-electron chi connectivity index (χ0n) is 15.1. The van der Waals surface area contributed by atoms with Crippen molar-refractivity contribution in [2.24, 2.45) is 0 Å². The van der Waals surface area contributed by atoms with Gasteiger partial charge in [-0.2, -0.15) is 4.31 Å². The summed E-state index contributed by atoms with van der Waals surface area (Å²) in [5.41, 5.74) is 1.45. The minimum Gasteiger partial charge on any atom is -0.489 e. The van der Waals surface area contributed by atoms with E-state index >= 15 is 0 Å². The molecular formula is C20H21N3O3S. The van der Waals surface area contributed by atoms with Gasteiger partial charge in [0.25, 0.3) is 0 Å². The van der Waals surface area contributed by atoms with Gasteiger partial charge in [0.2, 0.25) is 10.0 Å². The molecule has 3 aromatic rings. The van der Waals surface area contributed by atoms with E-state index < -0.39 is 10.0 Å². The first kappa shape index (κ1) is 17.9. The first-order valence-electron chi connectivity index (χ1n) is 8.97. The molecule has 0 amide bonds. The number of pyridine rings is 2. The van der Waals surface area contributed by atoms with Crippen LogP contribution >= 0.6 is 0 Å². The van der Waals surface area contributed by atoms with Crippen molar-refractivity contribution in [2.75, 3.05) is 13.1 Å². The molecule has 0 radical (unpaired) electrons. The molecule has 6 nitrogen and oxygen atoms in total. The van der Waals surface area contributed by atoms with Crippen LogP contribution in [0.15, 0.2) is 59.8 Å². The van der Waals surface area contributed by atoms with Crippen LogP contribution in [-0.2, 0) is 10.0 Å². The predicted molar refractivity (Wildman–Crippen MR) is 103 cm³/mol. The third-order valence-electron chi connectivity index (χ3n) is 4.80. The lowest BCUT2D eigenvalue weighted by Gasteiger charge is -2.31. The minimum atomic E-state index is -3.59. The van der Waals surface area contributed by atoms with E-state index in [-0.39, 0.29) is 11.0 Å². The molecule has 3 heterocycles. The molecule has 140 valence electrons. The van der Waals surface area contributed by atoms with Gasteiger partial charge in [-0.3, -0.25) is 9.97 Å². The van der Waals surface area contributed by atoms with Crippen molar-refractivity contribution in [1.29, 1.82) is 0 Å². The maximum Gasteiger partial charge on any atom is 0.245 e. The zero-order chi connectivity index (χ0) is 18.9. The first-order chi connectivity index (χ1) is 13.0. The standard InChI is InChI=1S/C20H21N3O3S/c1-15-7-8-18(14-22-15)26-17-9-12-23(13-10-17)27(24,25)19-6-2-4-16-5-3-11-21-20(16)19/h2-8,11,14,17H,9-10,12-13H2,1H3. The molecule has 1 saturated heterocycles. The van der Waals surface area contributed by atoms with E-state index in [1.807, 2.05) is 37.3 Å². The molecular weight excluding hydrogens is 362 g/mol. The SMILES string of the molecule is Cc1ccc(OC2CCN(S(=O)(=O)c3cccc4cccnc34)CC2)cn1. The minimum absolute atomic E-state index is 0.00778. The zero-order valence-corrected chi connectivity index (χ0v) is 15.9. The maximum atomic E-state index is 13.1. The van der Waals surface area contributed by atoms with Crippen LogP contribution in [0.2, 0.25) is 0 Å². The molecule has 0 unspecified atom stereocenters. The summed E-state index contributed by atoms with van der Waals surface area (Å²) in [6, 6.07) is 12.7. The van der Waals surface area contributed by atoms with Gasteiger partial charge in [-0.05, 0) is 44.0 Å². The quantitative estimate of drug-likeness (QED) is 0.692. The normalized spacial score (nSPS) is 16.5. The van der Waals surface area contributed by atoms with Gasteiger partial charge in [0.05, 0.1) is 11.7 Å². The molecule has 0 spiro atoms. The number of hydrogen-bond acceptors (Lipinski definition) is 5. The smallest absolute Gasteiger partial charge is 0.245 e. The van der Waals surface area contributed by atoms with Crippen LogP contribution in [0.5, 0.6) is 5.75 Å². The second-order valence-electron chi connectivity index (χ2n) is 6.69. The van der Waals surface area contributed by atoms with Crippen LogP contribution in [0.3, 0.4) is 0 Å². The molecule has 1 aromatic carbocycles. The molecule has 2 aromatic heterocycles. The summed E-state index contributed by atoms with van der Waals surface area (Å²) in [5.74, 6) is 0.722. The van der Waals surface area contributed by atoms with Crippen LogP contribution in [0, 0.1) is 6.92 Å². The van der Waals surface area contributed by atoms with Crippen molar-refractivity contribution < 1.29 is 13.2 Å². The summed E-state index contributed by atoms with van der Waals surface area (Å²) < 4.78 is 33.8. The number of ether oxygens (including phenoxy) is 1. The molecule has 0 N–H and O–H groups in total. The fraction of sp³-hybridized carbons (Fsp3) is 0.300. The Morgan fingerprint density at radius 2 is 1.81 bits per heavy atom. The van der Waals surface area contributed by atoms with Crippen molar-refractivity contribution in [2.45, 2.75) is 30.8 Å². The average molecular weight is 383 g/mol. The number of aromatic nitrogens is 2. The fourth-order valence-corrected chi connectivity index (χ4v) is 4.97. The van der Waals surface area contributed by atoms with Crippen molar-refractivity contribution in [3.8, 4) is 5.75 Å². The number of sulfonamides is 1. The Morgan fingerprint density at radius 3 is 2.56 bits per heavy atom. The second kappa shape index (κ2) is 7.25. The van der Waals surface area contributed by atoms with Gasteiger partial charge in [0, 0.05) is 30.4 Å². The summed E-state index contributed by atoms with van der Waals surface area (Å²) >= 11 is 0. The van der Waals surface area contributed by atoms with E-state index in [2.05, 4.69) is 9.97 Å². The Morgan fingerprint density at radius 1 is 1.04 bits per heavy atom. The number of fused-ring (bicyclic) bond motifs is 1. The van der Waals surface area contributed by atoms with E-state index in [1.54, 1.807) is 24.5 Å². The Kier molecular flexibility index (Phi) is 4.80. The van der Waals surface area contributed by atoms with Crippen LogP contribution in [-0.4, -0.2) is 41.9 Å². The molecule has 1 aliphatic heterocycles. The lowest BCUT2D eigenvalue weighted by atomic mass is 10.1. The van der Waals surface area contributed by atoms with Crippen molar-refractivity contribution in [3.05, 3.63) is 60.6 Å². The van der Waals surface area contributed by atoms with Gasteiger partial charge in [-0.25, -0.2) is 8.42 Å². The summed E-state index contributed by atoms with van der Waals surface area (Å²) in [6.07, 6.45) is 4.61. The number of piperidine rings is 1. The van der Waals surface area contributed by atoms with E-state index in [0.29, 0.717) is 31.4 Å². The highest BCUT2D eigenvalue weighted by Gasteiger charge is 2.31. The summed E-state index contributed by atoms with van der Waals surface area (Å²) in [5, 5.41) is 0.823. The number of para-hydroxylation sites is 1. The Balaban J connectivity index is 1.49. The van der Waals surface area contributed by atoms with E-state index in [4.69, 9.17) is 4.74 Å². The lowest BCUT2D eigenvalue weighted by molar-refractivity contribution is 0.134. The van der Waals surface area contributed by atoms with Gasteiger partial charge in [-0.1, -0.05) is 18.2 Å². The van der Waals surface area contributed by atoms with Gasteiger partial charge in [0.1, 0.15) is 16.7 Å². The Hall–Kier alpha value is -2.51. The molecule has 4 rings (SSSR count). The number of aryl methyl sites for hydroxylation is 1. The van der Waals surface area contributed by atoms with Crippen molar-refractivity contribution >= 4 is 20.9 Å².